The average molecular weight is 233 g/mol. The Hall–Kier alpha value is -0.810. The first kappa shape index (κ1) is 12.3. The second kappa shape index (κ2) is 5.32. The smallest absolute Gasteiger partial charge is 0.165 e. The van der Waals surface area contributed by atoms with Crippen molar-refractivity contribution in [3.05, 3.63) is 29.3 Å². The number of halogens is 2. The summed E-state index contributed by atoms with van der Waals surface area (Å²) in [5.41, 5.74) is 5.83. The Balaban J connectivity index is 3.04. The second-order valence-electron chi connectivity index (χ2n) is 3.13. The number of nitrogens with two attached hydrogens (primary N) is 1. The molecule has 0 saturated heterocycles. The molecule has 2 N–H and O–H groups in total. The molecule has 84 valence electrons. The van der Waals surface area contributed by atoms with Crippen LogP contribution in [-0.4, -0.2) is 12.9 Å². The number of hydrogen-bond donors (Lipinski definition) is 2. The number of hydrogen-bond acceptors (Lipinski definition) is 3. The highest BCUT2D eigenvalue weighted by Gasteiger charge is 2.15. The molecule has 15 heavy (non-hydrogen) atoms. The molecule has 0 heterocycles. The molecule has 2 nitrogen and oxygen atoms in total. The van der Waals surface area contributed by atoms with Gasteiger partial charge in [-0.05, 0) is 18.2 Å². The van der Waals surface area contributed by atoms with Gasteiger partial charge in [0.25, 0.3) is 0 Å². The first-order valence-corrected chi connectivity index (χ1v) is 5.12. The lowest BCUT2D eigenvalue weighted by atomic mass is 10.0. The molecule has 0 aliphatic carbocycles. The van der Waals surface area contributed by atoms with Crippen molar-refractivity contribution in [3.8, 4) is 5.75 Å². The van der Waals surface area contributed by atoms with Crippen LogP contribution in [0.2, 0.25) is 0 Å². The highest BCUT2D eigenvalue weighted by atomic mass is 32.1. The van der Waals surface area contributed by atoms with Crippen molar-refractivity contribution in [2.24, 2.45) is 5.73 Å². The molecule has 0 fully saturated rings. The molecule has 1 atom stereocenters. The van der Waals surface area contributed by atoms with E-state index in [0.29, 0.717) is 12.2 Å². The third kappa shape index (κ3) is 2.82. The van der Waals surface area contributed by atoms with Gasteiger partial charge in [-0.3, -0.25) is 0 Å². The van der Waals surface area contributed by atoms with Crippen LogP contribution < -0.4 is 10.5 Å². The first-order valence-electron chi connectivity index (χ1n) is 4.49. The summed E-state index contributed by atoms with van der Waals surface area (Å²) in [5.74, 6) is -0.755. The van der Waals surface area contributed by atoms with Crippen LogP contribution in [0.15, 0.2) is 12.1 Å². The lowest BCUT2D eigenvalue weighted by Crippen LogP contribution is -2.13. The topological polar surface area (TPSA) is 35.2 Å². The molecule has 0 amide bonds. The molecule has 1 rings (SSSR count). The van der Waals surface area contributed by atoms with Gasteiger partial charge >= 0.3 is 0 Å². The molecule has 0 bridgehead atoms. The van der Waals surface area contributed by atoms with Gasteiger partial charge in [0, 0.05) is 17.7 Å². The summed E-state index contributed by atoms with van der Waals surface area (Å²) in [6.07, 6.45) is 0.492. The van der Waals surface area contributed by atoms with Crippen molar-refractivity contribution in [1.82, 2.24) is 0 Å². The van der Waals surface area contributed by atoms with Crippen LogP contribution in [-0.2, 0) is 0 Å². The van der Waals surface area contributed by atoms with Crippen LogP contribution in [0.5, 0.6) is 5.75 Å². The van der Waals surface area contributed by atoms with Gasteiger partial charge in [-0.25, -0.2) is 8.78 Å². The zero-order chi connectivity index (χ0) is 11.4. The quantitative estimate of drug-likeness (QED) is 0.783. The van der Waals surface area contributed by atoms with Gasteiger partial charge in [0.05, 0.1) is 7.11 Å². The Morgan fingerprint density at radius 1 is 1.40 bits per heavy atom. The van der Waals surface area contributed by atoms with Crippen LogP contribution in [0.3, 0.4) is 0 Å². The van der Waals surface area contributed by atoms with E-state index >= 15 is 0 Å². The van der Waals surface area contributed by atoms with E-state index in [1.54, 1.807) is 0 Å². The molecule has 0 radical (unpaired) electrons. The monoisotopic (exact) mass is 233 g/mol. The maximum absolute atomic E-state index is 13.4. The van der Waals surface area contributed by atoms with E-state index in [0.717, 1.165) is 12.1 Å². The molecule has 0 spiro atoms. The number of methoxy groups -OCH3 is 1. The second-order valence-corrected chi connectivity index (χ2v) is 3.57. The summed E-state index contributed by atoms with van der Waals surface area (Å²) in [7, 11) is 1.28. The van der Waals surface area contributed by atoms with E-state index in [9.17, 15) is 8.78 Å². The molecule has 0 aliphatic rings. The Morgan fingerprint density at radius 2 is 2.07 bits per heavy atom. The lowest BCUT2D eigenvalue weighted by Gasteiger charge is -2.13. The van der Waals surface area contributed by atoms with Gasteiger partial charge in [-0.15, -0.1) is 0 Å². The van der Waals surface area contributed by atoms with E-state index in [1.165, 1.54) is 7.11 Å². The SMILES string of the molecule is COc1cc(F)c(C(N)CCS)cc1F. The minimum Gasteiger partial charge on any atom is -0.494 e. The van der Waals surface area contributed by atoms with Crippen molar-refractivity contribution in [2.75, 3.05) is 12.9 Å². The van der Waals surface area contributed by atoms with E-state index in [2.05, 4.69) is 17.4 Å². The maximum Gasteiger partial charge on any atom is 0.165 e. The minimum absolute atomic E-state index is 0.116. The number of ether oxygens (including phenoxy) is 1. The summed E-state index contributed by atoms with van der Waals surface area (Å²) >= 11 is 3.99. The molecule has 1 unspecified atom stereocenters. The third-order valence-electron chi connectivity index (χ3n) is 2.11. The van der Waals surface area contributed by atoms with Crippen molar-refractivity contribution >= 4 is 12.6 Å². The summed E-state index contributed by atoms with van der Waals surface area (Å²) in [6.45, 7) is 0. The van der Waals surface area contributed by atoms with Crippen LogP contribution in [0.4, 0.5) is 8.78 Å². The third-order valence-corrected chi connectivity index (χ3v) is 2.37. The van der Waals surface area contributed by atoms with Crippen molar-refractivity contribution in [1.29, 1.82) is 0 Å². The predicted molar refractivity (Wildman–Crippen MR) is 58.3 cm³/mol. The van der Waals surface area contributed by atoms with E-state index in [-0.39, 0.29) is 11.3 Å². The fourth-order valence-corrected chi connectivity index (χ4v) is 1.56. The van der Waals surface area contributed by atoms with Gasteiger partial charge in [0.1, 0.15) is 5.82 Å². The zero-order valence-electron chi connectivity index (χ0n) is 8.34. The maximum atomic E-state index is 13.4. The highest BCUT2D eigenvalue weighted by molar-refractivity contribution is 7.80. The number of rotatable bonds is 4. The number of thiol groups is 1. The van der Waals surface area contributed by atoms with Gasteiger partial charge in [-0.2, -0.15) is 12.6 Å². The molecule has 0 aliphatic heterocycles. The Kier molecular flexibility index (Phi) is 4.35. The molecular formula is C10H13F2NOS. The molecule has 0 saturated carbocycles. The van der Waals surface area contributed by atoms with E-state index in [4.69, 9.17) is 5.73 Å². The summed E-state index contributed by atoms with van der Waals surface area (Å²) in [6, 6.07) is 1.54. The first-order chi connectivity index (χ1) is 7.10. The largest absolute Gasteiger partial charge is 0.494 e. The highest BCUT2D eigenvalue weighted by Crippen LogP contribution is 2.25. The minimum atomic E-state index is -0.608. The lowest BCUT2D eigenvalue weighted by molar-refractivity contribution is 0.381. The normalized spacial score (nSPS) is 12.6. The number of benzene rings is 1. The molecule has 1 aromatic carbocycles. The van der Waals surface area contributed by atoms with Crippen molar-refractivity contribution < 1.29 is 13.5 Å². The summed E-state index contributed by atoms with van der Waals surface area (Å²) in [5, 5.41) is 0. The van der Waals surface area contributed by atoms with Gasteiger partial charge in [-0.1, -0.05) is 0 Å². The molecule has 1 aromatic rings. The van der Waals surface area contributed by atoms with E-state index < -0.39 is 17.7 Å². The molecule has 0 aromatic heterocycles. The van der Waals surface area contributed by atoms with Crippen LogP contribution in [0, 0.1) is 11.6 Å². The average Bonchev–Trinajstić information content (AvgIpc) is 2.21. The summed E-state index contributed by atoms with van der Waals surface area (Å²) in [4.78, 5) is 0. The summed E-state index contributed by atoms with van der Waals surface area (Å²) < 4.78 is 31.4. The molecular weight excluding hydrogens is 220 g/mol. The Bertz CT molecular complexity index is 346. The Morgan fingerprint density at radius 3 is 2.60 bits per heavy atom. The van der Waals surface area contributed by atoms with Gasteiger partial charge in [0.15, 0.2) is 11.6 Å². The van der Waals surface area contributed by atoms with Crippen molar-refractivity contribution in [2.45, 2.75) is 12.5 Å². The van der Waals surface area contributed by atoms with Crippen LogP contribution in [0.25, 0.3) is 0 Å². The molecule has 5 heteroatoms. The van der Waals surface area contributed by atoms with Gasteiger partial charge in [0.2, 0.25) is 0 Å². The van der Waals surface area contributed by atoms with E-state index in [1.807, 2.05) is 0 Å². The standard InChI is InChI=1S/C10H13F2NOS/c1-14-10-5-7(11)6(4-8(10)12)9(13)2-3-15/h4-5,9,15H,2-3,13H2,1H3. The predicted octanol–water partition coefficient (Wildman–Crippen LogP) is 2.29. The van der Waals surface area contributed by atoms with Gasteiger partial charge < -0.3 is 10.5 Å². The Labute approximate surface area is 92.8 Å². The van der Waals surface area contributed by atoms with Crippen LogP contribution >= 0.6 is 12.6 Å². The zero-order valence-corrected chi connectivity index (χ0v) is 9.23. The fraction of sp³-hybridized carbons (Fsp3) is 0.400. The fourth-order valence-electron chi connectivity index (χ4n) is 1.28. The van der Waals surface area contributed by atoms with Crippen LogP contribution in [0.1, 0.15) is 18.0 Å². The van der Waals surface area contributed by atoms with Crippen molar-refractivity contribution in [3.63, 3.8) is 0 Å².